The quantitative estimate of drug-likeness (QED) is 0.0543. The number of nitrogens with one attached hydrogen (secondary N) is 1. The minimum atomic E-state index is -1.06. The number of phenolic OH excluding ortho intramolecular Hbond substituents is 2. The van der Waals surface area contributed by atoms with E-state index in [0.717, 1.165) is 18.3 Å². The molecule has 0 amide bonds. The summed E-state index contributed by atoms with van der Waals surface area (Å²) in [6.45, 7) is 2.90. The van der Waals surface area contributed by atoms with E-state index in [1.54, 1.807) is 50.2 Å². The predicted octanol–water partition coefficient (Wildman–Crippen LogP) is 7.40. The second-order valence-electron chi connectivity index (χ2n) is 10.8. The maximum Gasteiger partial charge on any atom is 0.317 e. The van der Waals surface area contributed by atoms with Gasteiger partial charge in [0.05, 0.1) is 40.4 Å². The number of halogens is 4. The van der Waals surface area contributed by atoms with Gasteiger partial charge in [-0.3, -0.25) is 24.5 Å². The molecule has 0 heterocycles. The van der Waals surface area contributed by atoms with Crippen LogP contribution in [-0.2, 0) is 25.5 Å². The summed E-state index contributed by atoms with van der Waals surface area (Å²) in [4.78, 5) is 45.7. The van der Waals surface area contributed by atoms with Crippen molar-refractivity contribution in [3.8, 4) is 23.0 Å². The van der Waals surface area contributed by atoms with E-state index in [2.05, 4.69) is 95.7 Å². The average Bonchev–Trinajstić information content (AvgIpc) is 3.05. The lowest BCUT2D eigenvalue weighted by molar-refractivity contribution is -0.142. The van der Waals surface area contributed by atoms with Gasteiger partial charge in [-0.25, -0.2) is 0 Å². The number of hydrogen-bond donors (Lipinski definition) is 5. The minimum absolute atomic E-state index is 0.156. The highest BCUT2D eigenvalue weighted by Gasteiger charge is 2.25. The van der Waals surface area contributed by atoms with Crippen LogP contribution in [0.15, 0.2) is 60.7 Å². The first-order valence-electron chi connectivity index (χ1n) is 14.5. The van der Waals surface area contributed by atoms with Crippen LogP contribution in [0.4, 0.5) is 0 Å². The van der Waals surface area contributed by atoms with Crippen LogP contribution in [0.1, 0.15) is 44.1 Å². The number of ether oxygens (including phenoxy) is 2. The number of esters is 1. The lowest BCUT2D eigenvalue weighted by atomic mass is 9.90. The molecule has 0 bridgehead atoms. The largest absolute Gasteiger partial charge is 0.507 e. The Balaban J connectivity index is 0.000000661. The topological polar surface area (TPSA) is 180 Å². The number of ketones is 1. The summed E-state index contributed by atoms with van der Waals surface area (Å²) in [6, 6.07) is 18.0. The molecular weight excluding hydrogens is 1100 g/mol. The molecule has 0 fully saturated rings. The summed E-state index contributed by atoms with van der Waals surface area (Å²) in [7, 11) is 1.37. The minimum Gasteiger partial charge on any atom is -0.507 e. The fourth-order valence-electron chi connectivity index (χ4n) is 4.68. The zero-order chi connectivity index (χ0) is 37.3. The molecule has 0 saturated carbocycles. The molecule has 0 aromatic heterocycles. The van der Waals surface area contributed by atoms with Crippen molar-refractivity contribution in [1.82, 2.24) is 5.32 Å². The highest BCUT2D eigenvalue weighted by molar-refractivity contribution is 14.1. The van der Waals surface area contributed by atoms with Crippen LogP contribution in [0.3, 0.4) is 0 Å². The molecule has 1 atom stereocenters. The van der Waals surface area contributed by atoms with Crippen molar-refractivity contribution in [1.29, 1.82) is 0 Å². The maximum atomic E-state index is 13.3. The van der Waals surface area contributed by atoms with Crippen LogP contribution in [0, 0.1) is 28.1 Å². The summed E-state index contributed by atoms with van der Waals surface area (Å²) < 4.78 is 14.4. The first kappa shape index (κ1) is 41.7. The molecule has 11 nitrogen and oxygen atoms in total. The van der Waals surface area contributed by atoms with Crippen LogP contribution < -0.4 is 10.1 Å². The number of carboxylic acid groups (broad SMARTS) is 2. The van der Waals surface area contributed by atoms with E-state index in [1.807, 2.05) is 24.3 Å². The second kappa shape index (κ2) is 19.2. The summed E-state index contributed by atoms with van der Waals surface area (Å²) in [5.41, 5.74) is 3.87. The Labute approximate surface area is 342 Å². The van der Waals surface area contributed by atoms with Crippen LogP contribution in [0.2, 0.25) is 0 Å². The van der Waals surface area contributed by atoms with Crippen LogP contribution >= 0.6 is 90.4 Å². The fourth-order valence-corrected chi connectivity index (χ4v) is 8.43. The summed E-state index contributed by atoms with van der Waals surface area (Å²) >= 11 is 8.51. The van der Waals surface area contributed by atoms with E-state index in [4.69, 9.17) is 19.7 Å². The Kier molecular flexibility index (Phi) is 16.0. The Morgan fingerprint density at radius 3 is 1.78 bits per heavy atom. The number of phenols is 2. The number of carbonyl (C=O) groups excluding carboxylic acids is 2. The van der Waals surface area contributed by atoms with Gasteiger partial charge < -0.3 is 29.9 Å². The van der Waals surface area contributed by atoms with Gasteiger partial charge in [0, 0.05) is 11.1 Å². The van der Waals surface area contributed by atoms with Gasteiger partial charge in [-0.15, -0.1) is 0 Å². The number of carboxylic acids is 2. The zero-order valence-corrected chi connectivity index (χ0v) is 35.4. The molecule has 264 valence electrons. The molecule has 5 N–H and O–H groups in total. The SMILES string of the molecule is COC(=O)C(Cc1cccc(C(=O)c2cc(C)c(O)c(C)c2)c1)c1cc(I)c(Oc2cc(I)c(O)c(I)c2)c(I)c1.O=C(O)CNCC(=O)O. The maximum absolute atomic E-state index is 13.3. The molecule has 0 radical (unpaired) electrons. The molecule has 50 heavy (non-hydrogen) atoms. The number of benzene rings is 4. The van der Waals surface area contributed by atoms with Crippen LogP contribution in [0.25, 0.3) is 0 Å². The van der Waals surface area contributed by atoms with Crippen molar-refractivity contribution in [3.05, 3.63) is 108 Å². The molecule has 0 saturated heterocycles. The number of aliphatic carboxylic acids is 2. The van der Waals surface area contributed by atoms with Crippen molar-refractivity contribution in [2.24, 2.45) is 0 Å². The highest BCUT2D eigenvalue weighted by atomic mass is 127. The van der Waals surface area contributed by atoms with Gasteiger partial charge >= 0.3 is 17.9 Å². The van der Waals surface area contributed by atoms with Gasteiger partial charge in [0.25, 0.3) is 0 Å². The summed E-state index contributed by atoms with van der Waals surface area (Å²) in [5, 5.41) is 38.3. The second-order valence-corrected chi connectivity index (χ2v) is 15.5. The third-order valence-electron chi connectivity index (χ3n) is 7.05. The van der Waals surface area contributed by atoms with E-state index in [0.29, 0.717) is 47.3 Å². The Bertz CT molecular complexity index is 1850. The van der Waals surface area contributed by atoms with Gasteiger partial charge in [-0.1, -0.05) is 18.2 Å². The van der Waals surface area contributed by atoms with Crippen molar-refractivity contribution in [2.45, 2.75) is 26.2 Å². The number of hydrogen-bond acceptors (Lipinski definition) is 9. The monoisotopic (exact) mass is 1130 g/mol. The molecule has 4 aromatic rings. The van der Waals surface area contributed by atoms with Crippen molar-refractivity contribution >= 4 is 114 Å². The molecule has 4 aromatic carbocycles. The number of carbonyl (C=O) groups is 4. The molecule has 15 heteroatoms. The summed E-state index contributed by atoms with van der Waals surface area (Å²) in [5.74, 6) is -1.59. The first-order chi connectivity index (χ1) is 23.5. The number of rotatable bonds is 12. The van der Waals surface area contributed by atoms with E-state index in [9.17, 15) is 29.4 Å². The third-order valence-corrected chi connectivity index (χ3v) is 10.3. The molecule has 1 unspecified atom stereocenters. The van der Waals surface area contributed by atoms with Gasteiger partial charge in [0.15, 0.2) is 11.5 Å². The normalized spacial score (nSPS) is 11.2. The molecule has 0 aliphatic heterocycles. The molecule has 0 aliphatic carbocycles. The van der Waals surface area contributed by atoms with Gasteiger partial charge in [0.2, 0.25) is 0 Å². The van der Waals surface area contributed by atoms with E-state index in [1.165, 1.54) is 7.11 Å². The zero-order valence-electron chi connectivity index (χ0n) is 26.7. The van der Waals surface area contributed by atoms with Crippen molar-refractivity contribution in [3.63, 3.8) is 0 Å². The Morgan fingerprint density at radius 2 is 1.28 bits per heavy atom. The molecular formula is C35H31I4NO10. The average molecular weight is 1130 g/mol. The summed E-state index contributed by atoms with van der Waals surface area (Å²) in [6.07, 6.45) is 0.335. The third kappa shape index (κ3) is 11.6. The lowest BCUT2D eigenvalue weighted by Crippen LogP contribution is -2.27. The van der Waals surface area contributed by atoms with E-state index in [-0.39, 0.29) is 36.3 Å². The fraction of sp³-hybridized carbons (Fsp3) is 0.200. The number of aromatic hydroxyl groups is 2. The van der Waals surface area contributed by atoms with E-state index < -0.39 is 17.9 Å². The Morgan fingerprint density at radius 1 is 0.740 bits per heavy atom. The number of aryl methyl sites for hydroxylation is 2. The molecule has 0 aliphatic rings. The smallest absolute Gasteiger partial charge is 0.317 e. The van der Waals surface area contributed by atoms with E-state index >= 15 is 0 Å². The Hall–Kier alpha value is -2.76. The van der Waals surface area contributed by atoms with Gasteiger partial charge in [0.1, 0.15) is 17.2 Å². The standard InChI is InChI=1S/C31H24I4O6.C4H7NO4/c1-15-7-20(8-16(2)27(15)36)28(37)18-6-4-5-17(9-18)10-22(31(39)40-3)19-11-25(34)30(26(35)12-19)41-21-13-23(32)29(38)24(33)14-21;6-3(7)1-5-2-4(8)9/h4-9,11-14,22,36,38H,10H2,1-3H3;5H,1-2H2,(H,6,7)(H,8,9). The van der Waals surface area contributed by atoms with Crippen molar-refractivity contribution in [2.75, 3.05) is 20.2 Å². The first-order valence-corrected chi connectivity index (χ1v) is 18.8. The predicted molar refractivity (Wildman–Crippen MR) is 220 cm³/mol. The highest BCUT2D eigenvalue weighted by Crippen LogP contribution is 2.38. The van der Waals surface area contributed by atoms with Crippen LogP contribution in [0.5, 0.6) is 23.0 Å². The lowest BCUT2D eigenvalue weighted by Gasteiger charge is -2.19. The number of methoxy groups -OCH3 is 1. The molecule has 4 rings (SSSR count). The van der Waals surface area contributed by atoms with Gasteiger partial charge in [-0.05, 0) is 175 Å². The van der Waals surface area contributed by atoms with Crippen molar-refractivity contribution < 1.29 is 49.1 Å². The molecule has 0 spiro atoms. The van der Waals surface area contributed by atoms with Crippen LogP contribution in [-0.4, -0.2) is 64.3 Å². The van der Waals surface area contributed by atoms with Gasteiger partial charge in [-0.2, -0.15) is 0 Å².